The topological polar surface area (TPSA) is 69.4 Å². The second kappa shape index (κ2) is 7.92. The number of rotatable bonds is 6. The van der Waals surface area contributed by atoms with Gasteiger partial charge in [0.05, 0.1) is 12.0 Å². The maximum absolute atomic E-state index is 11.5. The molecule has 0 aliphatic heterocycles. The van der Waals surface area contributed by atoms with Crippen LogP contribution in [0.4, 0.5) is 0 Å². The standard InChI is InChI=1S/C21H23NO3S2/c1-14-10-16-6-7-18(25-2)12-20(16)21(14)17(13-26-3)11-15-4-8-19(9-5-15)27(22,23)24/h4-9,11-12H,10,13H2,1-3H3,(H2,22,23,24)/b17-11+. The Morgan fingerprint density at radius 3 is 2.52 bits per heavy atom. The summed E-state index contributed by atoms with van der Waals surface area (Å²) < 4.78 is 28.3. The van der Waals surface area contributed by atoms with Crippen molar-refractivity contribution < 1.29 is 13.2 Å². The molecule has 2 aromatic rings. The van der Waals surface area contributed by atoms with Gasteiger partial charge in [-0.1, -0.05) is 29.8 Å². The number of methoxy groups -OCH3 is 1. The summed E-state index contributed by atoms with van der Waals surface area (Å²) in [6.45, 7) is 2.17. The summed E-state index contributed by atoms with van der Waals surface area (Å²) in [7, 11) is -2.00. The maximum Gasteiger partial charge on any atom is 0.238 e. The van der Waals surface area contributed by atoms with Gasteiger partial charge in [0.25, 0.3) is 0 Å². The number of benzene rings is 2. The van der Waals surface area contributed by atoms with Crippen molar-refractivity contribution in [1.82, 2.24) is 0 Å². The molecule has 1 aliphatic carbocycles. The van der Waals surface area contributed by atoms with Crippen LogP contribution < -0.4 is 9.88 Å². The first-order valence-corrected chi connectivity index (χ1v) is 11.5. The van der Waals surface area contributed by atoms with E-state index in [4.69, 9.17) is 9.88 Å². The molecular weight excluding hydrogens is 378 g/mol. The smallest absolute Gasteiger partial charge is 0.238 e. The van der Waals surface area contributed by atoms with Gasteiger partial charge in [-0.2, -0.15) is 11.8 Å². The molecule has 0 atom stereocenters. The number of primary sulfonamides is 1. The molecule has 1 aliphatic rings. The second-order valence-corrected chi connectivity index (χ2v) is 9.00. The Kier molecular flexibility index (Phi) is 5.79. The summed E-state index contributed by atoms with van der Waals surface area (Å²) in [5, 5.41) is 5.19. The van der Waals surface area contributed by atoms with Crippen molar-refractivity contribution in [2.45, 2.75) is 18.2 Å². The number of nitrogens with two attached hydrogens (primary N) is 1. The van der Waals surface area contributed by atoms with Gasteiger partial charge >= 0.3 is 0 Å². The fourth-order valence-electron chi connectivity index (χ4n) is 3.42. The first kappa shape index (κ1) is 19.7. The van der Waals surface area contributed by atoms with Crippen molar-refractivity contribution in [1.29, 1.82) is 0 Å². The summed E-state index contributed by atoms with van der Waals surface area (Å²) in [5.74, 6) is 1.71. The third-order valence-corrected chi connectivity index (χ3v) is 6.17. The molecular formula is C21H23NO3S2. The number of thioether (sulfide) groups is 1. The minimum absolute atomic E-state index is 0.123. The predicted molar refractivity (Wildman–Crippen MR) is 113 cm³/mol. The molecule has 0 aromatic heterocycles. The number of sulfonamides is 1. The zero-order valence-electron chi connectivity index (χ0n) is 15.7. The lowest BCUT2D eigenvalue weighted by Gasteiger charge is -2.13. The Morgan fingerprint density at radius 2 is 1.93 bits per heavy atom. The first-order valence-electron chi connectivity index (χ1n) is 8.53. The van der Waals surface area contributed by atoms with E-state index in [-0.39, 0.29) is 4.90 Å². The fraction of sp³-hybridized carbons (Fsp3) is 0.238. The molecule has 142 valence electrons. The molecule has 2 aromatic carbocycles. The molecule has 0 fully saturated rings. The SMILES string of the molecule is COc1ccc2c(c1)C(/C(=C/c1ccc(S(N)(=O)=O)cc1)CSC)=C(C)C2. The van der Waals surface area contributed by atoms with Crippen molar-refractivity contribution in [2.75, 3.05) is 19.1 Å². The van der Waals surface area contributed by atoms with Gasteiger partial charge in [0.1, 0.15) is 5.75 Å². The van der Waals surface area contributed by atoms with Crippen LogP contribution >= 0.6 is 11.8 Å². The molecule has 0 bridgehead atoms. The lowest BCUT2D eigenvalue weighted by Crippen LogP contribution is -2.11. The predicted octanol–water partition coefficient (Wildman–Crippen LogP) is 4.12. The molecule has 27 heavy (non-hydrogen) atoms. The summed E-state index contributed by atoms with van der Waals surface area (Å²) in [6, 6.07) is 12.9. The third kappa shape index (κ3) is 4.29. The van der Waals surface area contributed by atoms with E-state index in [1.54, 1.807) is 43.1 Å². The Hall–Kier alpha value is -2.02. The van der Waals surface area contributed by atoms with E-state index in [2.05, 4.69) is 31.4 Å². The average molecular weight is 402 g/mol. The zero-order chi connectivity index (χ0) is 19.6. The van der Waals surface area contributed by atoms with E-state index in [9.17, 15) is 8.42 Å². The van der Waals surface area contributed by atoms with E-state index in [1.807, 2.05) is 6.07 Å². The molecule has 0 amide bonds. The highest BCUT2D eigenvalue weighted by atomic mass is 32.2. The van der Waals surface area contributed by atoms with Gasteiger partial charge in [0, 0.05) is 5.75 Å². The van der Waals surface area contributed by atoms with E-state index >= 15 is 0 Å². The van der Waals surface area contributed by atoms with E-state index < -0.39 is 10.0 Å². The highest BCUT2D eigenvalue weighted by Crippen LogP contribution is 2.40. The van der Waals surface area contributed by atoms with Crippen molar-refractivity contribution in [3.05, 3.63) is 70.3 Å². The van der Waals surface area contributed by atoms with E-state index in [0.717, 1.165) is 23.5 Å². The third-order valence-electron chi connectivity index (χ3n) is 4.64. The van der Waals surface area contributed by atoms with E-state index in [1.165, 1.54) is 27.8 Å². The lowest BCUT2D eigenvalue weighted by atomic mass is 9.96. The molecule has 0 spiro atoms. The Morgan fingerprint density at radius 1 is 1.22 bits per heavy atom. The van der Waals surface area contributed by atoms with Gasteiger partial charge in [-0.15, -0.1) is 0 Å². The number of hydrogen-bond donors (Lipinski definition) is 1. The van der Waals surface area contributed by atoms with Gasteiger partial charge < -0.3 is 4.74 Å². The van der Waals surface area contributed by atoms with Gasteiger partial charge in [-0.3, -0.25) is 0 Å². The van der Waals surface area contributed by atoms with Crippen molar-refractivity contribution >= 4 is 33.4 Å². The minimum atomic E-state index is -3.68. The van der Waals surface area contributed by atoms with Gasteiger partial charge in [-0.05, 0) is 71.7 Å². The monoisotopic (exact) mass is 401 g/mol. The fourth-order valence-corrected chi connectivity index (χ4v) is 4.47. The highest BCUT2D eigenvalue weighted by molar-refractivity contribution is 7.98. The molecule has 6 heteroatoms. The van der Waals surface area contributed by atoms with Crippen LogP contribution in [0.25, 0.3) is 11.6 Å². The van der Waals surface area contributed by atoms with Crippen LogP contribution in [0.5, 0.6) is 5.75 Å². The van der Waals surface area contributed by atoms with Crippen LogP contribution in [0.3, 0.4) is 0 Å². The number of hydrogen-bond acceptors (Lipinski definition) is 4. The quantitative estimate of drug-likeness (QED) is 0.790. The maximum atomic E-state index is 11.5. The van der Waals surface area contributed by atoms with E-state index in [0.29, 0.717) is 0 Å². The van der Waals surface area contributed by atoms with Crippen LogP contribution in [0.1, 0.15) is 23.6 Å². The molecule has 3 rings (SSSR count). The molecule has 0 unspecified atom stereocenters. The highest BCUT2D eigenvalue weighted by Gasteiger charge is 2.22. The lowest BCUT2D eigenvalue weighted by molar-refractivity contribution is 0.414. The molecule has 2 N–H and O–H groups in total. The van der Waals surface area contributed by atoms with Crippen molar-refractivity contribution in [3.63, 3.8) is 0 Å². The van der Waals surface area contributed by atoms with Crippen LogP contribution in [-0.2, 0) is 16.4 Å². The number of allylic oxidation sites excluding steroid dienone is 2. The van der Waals surface area contributed by atoms with Gasteiger partial charge in [-0.25, -0.2) is 13.6 Å². The summed E-state index contributed by atoms with van der Waals surface area (Å²) in [5.41, 5.74) is 7.28. The molecule has 0 saturated carbocycles. The minimum Gasteiger partial charge on any atom is -0.497 e. The zero-order valence-corrected chi connectivity index (χ0v) is 17.3. The molecule has 4 nitrogen and oxygen atoms in total. The van der Waals surface area contributed by atoms with Crippen molar-refractivity contribution in [2.24, 2.45) is 5.14 Å². The normalized spacial score (nSPS) is 14.4. The second-order valence-electron chi connectivity index (χ2n) is 6.57. The summed E-state index contributed by atoms with van der Waals surface area (Å²) in [4.78, 5) is 0.123. The molecule has 0 saturated heterocycles. The molecule has 0 heterocycles. The molecule has 0 radical (unpaired) electrons. The number of fused-ring (bicyclic) bond motifs is 1. The summed E-state index contributed by atoms with van der Waals surface area (Å²) >= 11 is 1.76. The Bertz CT molecular complexity index is 1020. The largest absolute Gasteiger partial charge is 0.497 e. The Labute approximate surface area is 165 Å². The van der Waals surface area contributed by atoms with Crippen molar-refractivity contribution in [3.8, 4) is 5.75 Å². The first-order chi connectivity index (χ1) is 12.8. The van der Waals surface area contributed by atoms with Crippen LogP contribution in [-0.4, -0.2) is 27.5 Å². The summed E-state index contributed by atoms with van der Waals surface area (Å²) in [6.07, 6.45) is 5.14. The van der Waals surface area contributed by atoms with Crippen LogP contribution in [0.2, 0.25) is 0 Å². The Balaban J connectivity index is 2.04. The van der Waals surface area contributed by atoms with Crippen LogP contribution in [0.15, 0.2) is 58.5 Å². The van der Waals surface area contributed by atoms with Gasteiger partial charge in [0.15, 0.2) is 0 Å². The van der Waals surface area contributed by atoms with Crippen LogP contribution in [0, 0.1) is 0 Å². The van der Waals surface area contributed by atoms with Gasteiger partial charge in [0.2, 0.25) is 10.0 Å². The number of ether oxygens (including phenoxy) is 1. The average Bonchev–Trinajstić information content (AvgIpc) is 2.95.